The topological polar surface area (TPSA) is 18.5 Å². The van der Waals surface area contributed by atoms with Crippen LogP contribution in [0.2, 0.25) is 0 Å². The van der Waals surface area contributed by atoms with Crippen LogP contribution in [-0.2, 0) is 20.9 Å². The zero-order valence-corrected chi connectivity index (χ0v) is 12.7. The Morgan fingerprint density at radius 1 is 0.938 bits per heavy atom. The minimum atomic E-state index is -2.07. The highest BCUT2D eigenvalue weighted by molar-refractivity contribution is 8.10. The molecule has 0 radical (unpaired) electrons. The molecule has 1 saturated carbocycles. The first-order chi connectivity index (χ1) is 7.44. The summed E-state index contributed by atoms with van der Waals surface area (Å²) in [6, 6.07) is 0. The van der Waals surface area contributed by atoms with Gasteiger partial charge in [-0.25, -0.2) is 0 Å². The molecule has 4 heteroatoms. The van der Waals surface area contributed by atoms with Gasteiger partial charge in [-0.1, -0.05) is 19.3 Å². The van der Waals surface area contributed by atoms with Gasteiger partial charge in [0.15, 0.2) is 6.49 Å². The average molecular weight is 264 g/mol. The van der Waals surface area contributed by atoms with Crippen LogP contribution in [0, 0.1) is 0 Å². The van der Waals surface area contributed by atoms with E-state index < -0.39 is 6.49 Å². The smallest absolute Gasteiger partial charge is 0.192 e. The molecule has 0 unspecified atom stereocenters. The maximum atomic E-state index is 5.99. The largest absolute Gasteiger partial charge is 0.326 e. The third-order valence-electron chi connectivity index (χ3n) is 2.74. The Balaban J connectivity index is 2.71. The third-order valence-corrected chi connectivity index (χ3v) is 6.99. The Kier molecular flexibility index (Phi) is 5.93. The van der Waals surface area contributed by atoms with Crippen molar-refractivity contribution in [2.75, 3.05) is 0 Å². The van der Waals surface area contributed by atoms with E-state index in [1.165, 1.54) is 32.1 Å². The Hall–Kier alpha value is 0.570. The van der Waals surface area contributed by atoms with E-state index >= 15 is 0 Å². The fraction of sp³-hybridized carbons (Fsp3) is 1.00. The normalized spacial score (nSPS) is 19.6. The lowest BCUT2D eigenvalue weighted by Gasteiger charge is -2.35. The van der Waals surface area contributed by atoms with Crippen molar-refractivity contribution in [3.05, 3.63) is 0 Å². The summed E-state index contributed by atoms with van der Waals surface area (Å²) in [5, 5.41) is 0. The van der Waals surface area contributed by atoms with Gasteiger partial charge in [-0.15, -0.1) is 0 Å². The second-order valence-electron chi connectivity index (χ2n) is 5.14. The average Bonchev–Trinajstić information content (AvgIpc) is 2.16. The molecule has 16 heavy (non-hydrogen) atoms. The maximum Gasteiger partial charge on any atom is 0.192 e. The van der Waals surface area contributed by atoms with Gasteiger partial charge in [0.25, 0.3) is 0 Å². The van der Waals surface area contributed by atoms with Gasteiger partial charge in [-0.05, 0) is 52.3 Å². The van der Waals surface area contributed by atoms with Crippen molar-refractivity contribution in [3.8, 4) is 0 Å². The highest BCUT2D eigenvalue weighted by atomic mass is 32.5. The molecule has 0 bridgehead atoms. The first-order valence-corrected chi connectivity index (χ1v) is 9.11. The van der Waals surface area contributed by atoms with E-state index in [0.717, 1.165) is 0 Å². The Morgan fingerprint density at radius 2 is 1.38 bits per heavy atom. The molecule has 0 aromatic rings. The van der Waals surface area contributed by atoms with Crippen molar-refractivity contribution in [2.45, 2.75) is 77.7 Å². The van der Waals surface area contributed by atoms with Gasteiger partial charge in [0.2, 0.25) is 0 Å². The van der Waals surface area contributed by atoms with E-state index in [1.807, 2.05) is 27.7 Å². The van der Waals surface area contributed by atoms with E-state index in [-0.39, 0.29) is 12.2 Å². The van der Waals surface area contributed by atoms with Crippen molar-refractivity contribution in [2.24, 2.45) is 0 Å². The molecular weight excluding hydrogens is 239 g/mol. The van der Waals surface area contributed by atoms with Gasteiger partial charge in [0.05, 0.1) is 12.2 Å². The molecule has 0 aromatic carbocycles. The molecule has 0 saturated heterocycles. The molecule has 2 nitrogen and oxygen atoms in total. The molecule has 0 aliphatic heterocycles. The van der Waals surface area contributed by atoms with Crippen LogP contribution in [0.15, 0.2) is 0 Å². The van der Waals surface area contributed by atoms with Crippen molar-refractivity contribution >= 4 is 18.3 Å². The van der Waals surface area contributed by atoms with Crippen molar-refractivity contribution in [1.82, 2.24) is 0 Å². The van der Waals surface area contributed by atoms with Crippen LogP contribution in [0.1, 0.15) is 59.8 Å². The van der Waals surface area contributed by atoms with Gasteiger partial charge in [0, 0.05) is 5.66 Å². The minimum Gasteiger partial charge on any atom is -0.326 e. The van der Waals surface area contributed by atoms with Gasteiger partial charge in [-0.2, -0.15) is 0 Å². The summed E-state index contributed by atoms with van der Waals surface area (Å²) in [5.41, 5.74) is 0.487. The summed E-state index contributed by atoms with van der Waals surface area (Å²) in [5.74, 6) is 0. The summed E-state index contributed by atoms with van der Waals surface area (Å²) >= 11 is 5.74. The molecule has 1 rings (SSSR count). The van der Waals surface area contributed by atoms with Crippen LogP contribution in [-0.4, -0.2) is 17.9 Å². The van der Waals surface area contributed by atoms with Gasteiger partial charge < -0.3 is 9.05 Å². The zero-order chi connectivity index (χ0) is 12.2. The third kappa shape index (κ3) is 4.44. The van der Waals surface area contributed by atoms with Gasteiger partial charge in [0.1, 0.15) is 0 Å². The van der Waals surface area contributed by atoms with Crippen LogP contribution in [0.4, 0.5) is 0 Å². The summed E-state index contributed by atoms with van der Waals surface area (Å²) in [7, 11) is 0. The van der Waals surface area contributed by atoms with E-state index in [0.29, 0.717) is 5.66 Å². The van der Waals surface area contributed by atoms with Crippen LogP contribution >= 0.6 is 6.49 Å². The van der Waals surface area contributed by atoms with Gasteiger partial charge >= 0.3 is 0 Å². The molecule has 0 heterocycles. The Morgan fingerprint density at radius 3 is 1.75 bits per heavy atom. The molecule has 1 fully saturated rings. The van der Waals surface area contributed by atoms with E-state index in [1.54, 1.807) is 0 Å². The molecule has 1 aliphatic rings. The Bertz CT molecular complexity index is 233. The maximum absolute atomic E-state index is 5.99. The summed E-state index contributed by atoms with van der Waals surface area (Å²) < 4.78 is 12.0. The fourth-order valence-corrected chi connectivity index (χ4v) is 6.41. The minimum absolute atomic E-state index is 0.173. The lowest BCUT2D eigenvalue weighted by atomic mass is 10.0. The van der Waals surface area contributed by atoms with Crippen LogP contribution in [0.5, 0.6) is 0 Å². The molecule has 0 spiro atoms. The van der Waals surface area contributed by atoms with Gasteiger partial charge in [-0.3, -0.25) is 0 Å². The standard InChI is InChI=1S/C12H25O2PS/c1-10(2)13-15(16,14-11(3)4)12-8-6-5-7-9-12/h10-12H,5-9H2,1-4H3. The second-order valence-corrected chi connectivity index (χ2v) is 8.90. The van der Waals surface area contributed by atoms with Crippen molar-refractivity contribution < 1.29 is 9.05 Å². The highest BCUT2D eigenvalue weighted by Crippen LogP contribution is 2.59. The second kappa shape index (κ2) is 6.49. The molecule has 0 atom stereocenters. The Labute approximate surface area is 105 Å². The predicted molar refractivity (Wildman–Crippen MR) is 73.6 cm³/mol. The van der Waals surface area contributed by atoms with E-state index in [4.69, 9.17) is 20.9 Å². The van der Waals surface area contributed by atoms with Crippen molar-refractivity contribution in [3.63, 3.8) is 0 Å². The molecule has 0 N–H and O–H groups in total. The monoisotopic (exact) mass is 264 g/mol. The molecule has 0 amide bonds. The summed E-state index contributed by atoms with van der Waals surface area (Å²) in [6.07, 6.45) is 6.64. The van der Waals surface area contributed by atoms with Crippen LogP contribution in [0.25, 0.3) is 0 Å². The number of rotatable bonds is 5. The van der Waals surface area contributed by atoms with E-state index in [2.05, 4.69) is 0 Å². The molecular formula is C12H25O2PS. The highest BCUT2D eigenvalue weighted by Gasteiger charge is 2.33. The lowest BCUT2D eigenvalue weighted by Crippen LogP contribution is -2.20. The quantitative estimate of drug-likeness (QED) is 0.682. The van der Waals surface area contributed by atoms with Crippen LogP contribution < -0.4 is 0 Å². The summed E-state index contributed by atoms with van der Waals surface area (Å²) in [6.45, 7) is 6.12. The first kappa shape index (κ1) is 14.6. The number of hydrogen-bond donors (Lipinski definition) is 0. The van der Waals surface area contributed by atoms with E-state index in [9.17, 15) is 0 Å². The molecule has 0 aromatic heterocycles. The van der Waals surface area contributed by atoms with Crippen molar-refractivity contribution in [1.29, 1.82) is 0 Å². The summed E-state index contributed by atoms with van der Waals surface area (Å²) in [4.78, 5) is 0. The molecule has 1 aliphatic carbocycles. The molecule has 96 valence electrons. The fourth-order valence-electron chi connectivity index (χ4n) is 2.18. The van der Waals surface area contributed by atoms with Crippen LogP contribution in [0.3, 0.4) is 0 Å². The SMILES string of the molecule is CC(C)OP(=S)(OC(C)C)C1CCCCC1. The zero-order valence-electron chi connectivity index (χ0n) is 10.9. The number of hydrogen-bond acceptors (Lipinski definition) is 3. The predicted octanol–water partition coefficient (Wildman–Crippen LogP) is 4.48. The lowest BCUT2D eigenvalue weighted by molar-refractivity contribution is 0.166. The first-order valence-electron chi connectivity index (χ1n) is 6.40.